The molecule has 1 rings (SSSR count). The molecular formula is C13H19Br2NO2. The van der Waals surface area contributed by atoms with E-state index in [1.165, 1.54) is 0 Å². The van der Waals surface area contributed by atoms with Gasteiger partial charge in [0.25, 0.3) is 0 Å². The zero-order valence-electron chi connectivity index (χ0n) is 10.6. The van der Waals surface area contributed by atoms with Crippen LogP contribution in [-0.2, 0) is 4.74 Å². The molecule has 1 aromatic carbocycles. The van der Waals surface area contributed by atoms with Gasteiger partial charge in [-0.05, 0) is 40.0 Å². The third-order valence-electron chi connectivity index (χ3n) is 2.22. The zero-order chi connectivity index (χ0) is 13.5. The van der Waals surface area contributed by atoms with Gasteiger partial charge >= 0.3 is 0 Å². The molecule has 2 N–H and O–H groups in total. The van der Waals surface area contributed by atoms with Crippen LogP contribution in [0.3, 0.4) is 0 Å². The first kappa shape index (κ1) is 16.0. The lowest BCUT2D eigenvalue weighted by atomic mass is 10.2. The molecule has 5 heteroatoms. The van der Waals surface area contributed by atoms with Gasteiger partial charge in [0.1, 0.15) is 0 Å². The summed E-state index contributed by atoms with van der Waals surface area (Å²) >= 11 is 6.87. The second-order valence-corrected chi connectivity index (χ2v) is 6.36. The standard InChI is InChI=1S/C13H19Br2NO2/c1-9(2)7-18-8-11(17)6-16-13-5-10(14)3-4-12(13)15/h3-5,9,11,16-17H,6-8H2,1-2H3. The van der Waals surface area contributed by atoms with Crippen LogP contribution in [-0.4, -0.2) is 31.0 Å². The number of ether oxygens (including phenoxy) is 1. The highest BCUT2D eigenvalue weighted by atomic mass is 79.9. The third-order valence-corrected chi connectivity index (χ3v) is 3.40. The van der Waals surface area contributed by atoms with Gasteiger partial charge in [-0.15, -0.1) is 0 Å². The fraction of sp³-hybridized carbons (Fsp3) is 0.538. The summed E-state index contributed by atoms with van der Waals surface area (Å²) in [4.78, 5) is 0. The Morgan fingerprint density at radius 2 is 2.00 bits per heavy atom. The molecule has 0 fully saturated rings. The molecule has 0 aliphatic heterocycles. The molecule has 0 aliphatic carbocycles. The molecule has 0 aliphatic rings. The number of nitrogens with one attached hydrogen (secondary N) is 1. The van der Waals surface area contributed by atoms with Crippen molar-refractivity contribution in [2.45, 2.75) is 20.0 Å². The number of hydrogen-bond acceptors (Lipinski definition) is 3. The van der Waals surface area contributed by atoms with Gasteiger partial charge in [0.05, 0.1) is 12.7 Å². The number of rotatable bonds is 7. The topological polar surface area (TPSA) is 41.5 Å². The SMILES string of the molecule is CC(C)COCC(O)CNc1cc(Br)ccc1Br. The molecule has 0 heterocycles. The molecule has 0 aromatic heterocycles. The molecule has 1 unspecified atom stereocenters. The molecule has 0 saturated heterocycles. The number of anilines is 1. The number of aliphatic hydroxyl groups excluding tert-OH is 1. The average Bonchev–Trinajstić information content (AvgIpc) is 2.30. The van der Waals surface area contributed by atoms with E-state index in [2.05, 4.69) is 51.0 Å². The van der Waals surface area contributed by atoms with Gasteiger partial charge < -0.3 is 15.2 Å². The number of benzene rings is 1. The summed E-state index contributed by atoms with van der Waals surface area (Å²) < 4.78 is 7.36. The normalized spacial score (nSPS) is 12.8. The molecule has 18 heavy (non-hydrogen) atoms. The molecule has 1 atom stereocenters. The van der Waals surface area contributed by atoms with Gasteiger partial charge in [-0.3, -0.25) is 0 Å². The molecule has 0 spiro atoms. The second kappa shape index (κ2) is 8.15. The highest BCUT2D eigenvalue weighted by Crippen LogP contribution is 2.25. The van der Waals surface area contributed by atoms with Gasteiger partial charge in [0.2, 0.25) is 0 Å². The Hall–Kier alpha value is -0.100. The maximum atomic E-state index is 9.77. The number of hydrogen-bond donors (Lipinski definition) is 2. The third kappa shape index (κ3) is 6.18. The Kier molecular flexibility index (Phi) is 7.22. The van der Waals surface area contributed by atoms with Crippen molar-refractivity contribution < 1.29 is 9.84 Å². The van der Waals surface area contributed by atoms with Crippen molar-refractivity contribution in [3.8, 4) is 0 Å². The second-order valence-electron chi connectivity index (χ2n) is 4.59. The van der Waals surface area contributed by atoms with E-state index in [4.69, 9.17) is 4.74 Å². The Morgan fingerprint density at radius 1 is 1.28 bits per heavy atom. The highest BCUT2D eigenvalue weighted by molar-refractivity contribution is 9.11. The van der Waals surface area contributed by atoms with E-state index < -0.39 is 6.10 Å². The molecule has 102 valence electrons. The lowest BCUT2D eigenvalue weighted by Crippen LogP contribution is -2.25. The van der Waals surface area contributed by atoms with Crippen molar-refractivity contribution in [3.63, 3.8) is 0 Å². The first-order chi connectivity index (χ1) is 8.49. The minimum atomic E-state index is -0.505. The van der Waals surface area contributed by atoms with Gasteiger partial charge in [-0.25, -0.2) is 0 Å². The van der Waals surface area contributed by atoms with E-state index in [0.717, 1.165) is 14.6 Å². The van der Waals surface area contributed by atoms with E-state index in [1.54, 1.807) is 0 Å². The van der Waals surface area contributed by atoms with Crippen molar-refractivity contribution in [2.24, 2.45) is 5.92 Å². The predicted molar refractivity (Wildman–Crippen MR) is 82.0 cm³/mol. The maximum absolute atomic E-state index is 9.77. The lowest BCUT2D eigenvalue weighted by molar-refractivity contribution is 0.0318. The van der Waals surface area contributed by atoms with Crippen LogP contribution in [0.4, 0.5) is 5.69 Å². The molecule has 0 saturated carbocycles. The van der Waals surface area contributed by atoms with Crippen molar-refractivity contribution >= 4 is 37.5 Å². The number of aliphatic hydroxyl groups is 1. The van der Waals surface area contributed by atoms with Crippen molar-refractivity contribution in [1.29, 1.82) is 0 Å². The summed E-state index contributed by atoms with van der Waals surface area (Å²) in [6.45, 7) is 5.67. The smallest absolute Gasteiger partial charge is 0.0945 e. The predicted octanol–water partition coefficient (Wildman–Crippen LogP) is 3.66. The van der Waals surface area contributed by atoms with Crippen LogP contribution in [0.2, 0.25) is 0 Å². The van der Waals surface area contributed by atoms with Gasteiger partial charge in [0, 0.05) is 27.8 Å². The monoisotopic (exact) mass is 379 g/mol. The molecule has 0 bridgehead atoms. The van der Waals surface area contributed by atoms with E-state index in [-0.39, 0.29) is 0 Å². The highest BCUT2D eigenvalue weighted by Gasteiger charge is 2.06. The van der Waals surface area contributed by atoms with Gasteiger partial charge in [0.15, 0.2) is 0 Å². The summed E-state index contributed by atoms with van der Waals surface area (Å²) in [5, 5.41) is 13.0. The summed E-state index contributed by atoms with van der Waals surface area (Å²) in [6.07, 6.45) is -0.505. The Morgan fingerprint density at radius 3 is 2.67 bits per heavy atom. The fourth-order valence-corrected chi connectivity index (χ4v) is 2.11. The van der Waals surface area contributed by atoms with E-state index in [1.807, 2.05) is 18.2 Å². The van der Waals surface area contributed by atoms with E-state index in [9.17, 15) is 5.11 Å². The summed E-state index contributed by atoms with van der Waals surface area (Å²) in [5.74, 6) is 0.490. The van der Waals surface area contributed by atoms with Crippen LogP contribution in [0.15, 0.2) is 27.1 Å². The minimum absolute atomic E-state index is 0.358. The van der Waals surface area contributed by atoms with Crippen LogP contribution in [0, 0.1) is 5.92 Å². The van der Waals surface area contributed by atoms with Crippen molar-refractivity contribution in [2.75, 3.05) is 25.1 Å². The van der Waals surface area contributed by atoms with Crippen molar-refractivity contribution in [1.82, 2.24) is 0 Å². The van der Waals surface area contributed by atoms with Crippen LogP contribution in [0.5, 0.6) is 0 Å². The van der Waals surface area contributed by atoms with Crippen molar-refractivity contribution in [3.05, 3.63) is 27.1 Å². The van der Waals surface area contributed by atoms with Crippen LogP contribution in [0.1, 0.15) is 13.8 Å². The van der Waals surface area contributed by atoms with E-state index in [0.29, 0.717) is 25.7 Å². The quantitative estimate of drug-likeness (QED) is 0.758. The largest absolute Gasteiger partial charge is 0.389 e. The lowest BCUT2D eigenvalue weighted by Gasteiger charge is -2.15. The van der Waals surface area contributed by atoms with Gasteiger partial charge in [-0.2, -0.15) is 0 Å². The Bertz CT molecular complexity index is 372. The Balaban J connectivity index is 2.33. The summed E-state index contributed by atoms with van der Waals surface area (Å²) in [6, 6.07) is 5.87. The van der Waals surface area contributed by atoms with Crippen LogP contribution in [0.25, 0.3) is 0 Å². The summed E-state index contributed by atoms with van der Waals surface area (Å²) in [5.41, 5.74) is 0.951. The maximum Gasteiger partial charge on any atom is 0.0945 e. The number of halogens is 2. The molecule has 0 radical (unpaired) electrons. The molecule has 1 aromatic rings. The Labute approximate surface area is 125 Å². The molecule has 3 nitrogen and oxygen atoms in total. The van der Waals surface area contributed by atoms with Crippen LogP contribution < -0.4 is 5.32 Å². The molecular weight excluding hydrogens is 362 g/mol. The van der Waals surface area contributed by atoms with E-state index >= 15 is 0 Å². The fourth-order valence-electron chi connectivity index (χ4n) is 1.36. The zero-order valence-corrected chi connectivity index (χ0v) is 13.8. The minimum Gasteiger partial charge on any atom is -0.389 e. The average molecular weight is 381 g/mol. The van der Waals surface area contributed by atoms with Gasteiger partial charge in [-0.1, -0.05) is 29.8 Å². The summed E-state index contributed by atoms with van der Waals surface area (Å²) in [7, 11) is 0. The molecule has 0 amide bonds. The first-order valence-corrected chi connectivity index (χ1v) is 7.52. The first-order valence-electron chi connectivity index (χ1n) is 5.93. The van der Waals surface area contributed by atoms with Crippen LogP contribution >= 0.6 is 31.9 Å².